The maximum Gasteiger partial charge on any atom is 0.111 e. The van der Waals surface area contributed by atoms with Gasteiger partial charge in [0, 0.05) is 6.61 Å². The van der Waals surface area contributed by atoms with E-state index >= 15 is 0 Å². The van der Waals surface area contributed by atoms with Gasteiger partial charge in [0.15, 0.2) is 0 Å². The second kappa shape index (κ2) is 5.59. The molecule has 102 valence electrons. The van der Waals surface area contributed by atoms with E-state index in [4.69, 9.17) is 4.74 Å². The van der Waals surface area contributed by atoms with E-state index in [9.17, 15) is 10.4 Å². The zero-order valence-corrected chi connectivity index (χ0v) is 11.5. The van der Waals surface area contributed by atoms with Crippen LogP contribution in [0.5, 0.6) is 0 Å². The molecule has 0 aromatic rings. The van der Waals surface area contributed by atoms with Crippen LogP contribution in [0.3, 0.4) is 0 Å². The van der Waals surface area contributed by atoms with Crippen molar-refractivity contribution in [3.05, 3.63) is 0 Å². The SMILES string of the molecule is CCCC1CCCC(O)(C2(C#N)CCOC2)CC1. The van der Waals surface area contributed by atoms with Crippen LogP contribution in [-0.4, -0.2) is 23.9 Å². The summed E-state index contributed by atoms with van der Waals surface area (Å²) in [6, 6.07) is 2.39. The summed E-state index contributed by atoms with van der Waals surface area (Å²) in [5.74, 6) is 0.738. The Hall–Kier alpha value is -0.590. The molecule has 0 aromatic carbocycles. The molecule has 3 heteroatoms. The number of nitrogens with zero attached hydrogens (tertiary/aromatic N) is 1. The lowest BCUT2D eigenvalue weighted by Crippen LogP contribution is -2.47. The van der Waals surface area contributed by atoms with Gasteiger partial charge in [-0.1, -0.05) is 32.6 Å². The minimum atomic E-state index is -0.819. The van der Waals surface area contributed by atoms with Gasteiger partial charge in [-0.3, -0.25) is 0 Å². The Morgan fingerprint density at radius 1 is 1.33 bits per heavy atom. The van der Waals surface area contributed by atoms with Crippen LogP contribution in [0.2, 0.25) is 0 Å². The summed E-state index contributed by atoms with van der Waals surface area (Å²) in [5, 5.41) is 20.5. The highest BCUT2D eigenvalue weighted by atomic mass is 16.5. The Morgan fingerprint density at radius 3 is 2.78 bits per heavy atom. The second-order valence-corrected chi connectivity index (χ2v) is 6.11. The van der Waals surface area contributed by atoms with Crippen molar-refractivity contribution in [1.29, 1.82) is 5.26 Å². The quantitative estimate of drug-likeness (QED) is 0.784. The number of hydrogen-bond acceptors (Lipinski definition) is 3. The van der Waals surface area contributed by atoms with Crippen molar-refractivity contribution in [3.8, 4) is 6.07 Å². The predicted octanol–water partition coefficient (Wildman–Crippen LogP) is 3.03. The topological polar surface area (TPSA) is 53.2 Å². The third-order valence-electron chi connectivity index (χ3n) is 4.99. The van der Waals surface area contributed by atoms with Crippen LogP contribution in [0, 0.1) is 22.7 Å². The molecule has 0 radical (unpaired) electrons. The summed E-state index contributed by atoms with van der Waals surface area (Å²) in [5.41, 5.74) is -1.46. The van der Waals surface area contributed by atoms with E-state index in [0.29, 0.717) is 19.6 Å². The van der Waals surface area contributed by atoms with Gasteiger partial charge in [-0.05, 0) is 31.6 Å². The third-order valence-corrected chi connectivity index (χ3v) is 4.99. The Balaban J connectivity index is 2.09. The molecule has 0 amide bonds. The van der Waals surface area contributed by atoms with Crippen molar-refractivity contribution >= 4 is 0 Å². The maximum atomic E-state index is 11.0. The number of rotatable bonds is 3. The molecule has 3 atom stereocenters. The molecule has 1 heterocycles. The van der Waals surface area contributed by atoms with Gasteiger partial charge in [0.25, 0.3) is 0 Å². The average Bonchev–Trinajstić information content (AvgIpc) is 2.79. The van der Waals surface area contributed by atoms with E-state index in [1.165, 1.54) is 19.3 Å². The van der Waals surface area contributed by atoms with Crippen LogP contribution in [0.4, 0.5) is 0 Å². The van der Waals surface area contributed by atoms with Crippen LogP contribution in [-0.2, 0) is 4.74 Å². The minimum Gasteiger partial charge on any atom is -0.388 e. The summed E-state index contributed by atoms with van der Waals surface area (Å²) < 4.78 is 5.40. The Bertz CT molecular complexity index is 317. The molecule has 2 fully saturated rings. The normalized spacial score (nSPS) is 41.3. The van der Waals surface area contributed by atoms with Gasteiger partial charge in [0.2, 0.25) is 0 Å². The van der Waals surface area contributed by atoms with Crippen molar-refractivity contribution in [2.45, 2.75) is 63.9 Å². The van der Waals surface area contributed by atoms with Gasteiger partial charge in [-0.15, -0.1) is 0 Å². The molecular weight excluding hydrogens is 226 g/mol. The van der Waals surface area contributed by atoms with Crippen LogP contribution >= 0.6 is 0 Å². The summed E-state index contributed by atoms with van der Waals surface area (Å²) in [6.07, 6.45) is 8.02. The molecule has 0 bridgehead atoms. The van der Waals surface area contributed by atoms with Crippen LogP contribution < -0.4 is 0 Å². The fourth-order valence-electron chi connectivity index (χ4n) is 3.70. The molecule has 1 N–H and O–H groups in total. The van der Waals surface area contributed by atoms with Crippen molar-refractivity contribution < 1.29 is 9.84 Å². The predicted molar refractivity (Wildman–Crippen MR) is 69.9 cm³/mol. The standard InChI is InChI=1S/C15H25NO2/c1-2-4-13-5-3-7-15(17,8-6-13)14(11-16)9-10-18-12-14/h13,17H,2-10,12H2,1H3. The Morgan fingerprint density at radius 2 is 2.17 bits per heavy atom. The van der Waals surface area contributed by atoms with Crippen LogP contribution in [0.15, 0.2) is 0 Å². The number of nitriles is 1. The summed E-state index contributed by atoms with van der Waals surface area (Å²) >= 11 is 0. The highest BCUT2D eigenvalue weighted by Crippen LogP contribution is 2.47. The van der Waals surface area contributed by atoms with E-state index in [-0.39, 0.29) is 0 Å². The van der Waals surface area contributed by atoms with E-state index in [1.54, 1.807) is 0 Å². The van der Waals surface area contributed by atoms with E-state index < -0.39 is 11.0 Å². The molecule has 3 unspecified atom stereocenters. The van der Waals surface area contributed by atoms with Gasteiger partial charge in [-0.2, -0.15) is 5.26 Å². The lowest BCUT2D eigenvalue weighted by atomic mass is 9.68. The maximum absolute atomic E-state index is 11.0. The van der Waals surface area contributed by atoms with Crippen molar-refractivity contribution in [1.82, 2.24) is 0 Å². The fraction of sp³-hybridized carbons (Fsp3) is 0.933. The van der Waals surface area contributed by atoms with E-state index in [1.807, 2.05) is 0 Å². The van der Waals surface area contributed by atoms with Crippen molar-refractivity contribution in [3.63, 3.8) is 0 Å². The smallest absolute Gasteiger partial charge is 0.111 e. The first-order valence-electron chi connectivity index (χ1n) is 7.37. The molecule has 1 aliphatic heterocycles. The molecule has 0 spiro atoms. The van der Waals surface area contributed by atoms with E-state index in [2.05, 4.69) is 13.0 Å². The second-order valence-electron chi connectivity index (χ2n) is 6.11. The largest absolute Gasteiger partial charge is 0.388 e. The van der Waals surface area contributed by atoms with Crippen molar-refractivity contribution in [2.75, 3.05) is 13.2 Å². The molecular formula is C15H25NO2. The average molecular weight is 251 g/mol. The first kappa shape index (κ1) is 13.8. The molecule has 1 aliphatic carbocycles. The van der Waals surface area contributed by atoms with Gasteiger partial charge in [-0.25, -0.2) is 0 Å². The van der Waals surface area contributed by atoms with Gasteiger partial charge in [0.1, 0.15) is 5.41 Å². The third kappa shape index (κ3) is 2.41. The number of ether oxygens (including phenoxy) is 1. The van der Waals surface area contributed by atoms with Gasteiger partial charge in [0.05, 0.1) is 18.3 Å². The molecule has 2 rings (SSSR count). The zero-order valence-electron chi connectivity index (χ0n) is 11.5. The summed E-state index contributed by atoms with van der Waals surface area (Å²) in [7, 11) is 0. The Labute approximate surface area is 110 Å². The number of hydrogen-bond donors (Lipinski definition) is 1. The van der Waals surface area contributed by atoms with Crippen LogP contribution in [0.1, 0.15) is 58.3 Å². The van der Waals surface area contributed by atoms with Gasteiger partial charge < -0.3 is 9.84 Å². The number of aliphatic hydroxyl groups is 1. The molecule has 2 aliphatic rings. The zero-order chi connectivity index (χ0) is 13.1. The highest BCUT2D eigenvalue weighted by Gasteiger charge is 2.53. The first-order valence-corrected chi connectivity index (χ1v) is 7.37. The fourth-order valence-corrected chi connectivity index (χ4v) is 3.70. The molecule has 1 saturated carbocycles. The first-order chi connectivity index (χ1) is 8.66. The monoisotopic (exact) mass is 251 g/mol. The summed E-state index contributed by atoms with van der Waals surface area (Å²) in [4.78, 5) is 0. The molecule has 3 nitrogen and oxygen atoms in total. The minimum absolute atomic E-state index is 0.415. The van der Waals surface area contributed by atoms with E-state index in [0.717, 1.165) is 31.6 Å². The molecule has 18 heavy (non-hydrogen) atoms. The Kier molecular flexibility index (Phi) is 4.29. The molecule has 1 saturated heterocycles. The van der Waals surface area contributed by atoms with Crippen LogP contribution in [0.25, 0.3) is 0 Å². The summed E-state index contributed by atoms with van der Waals surface area (Å²) in [6.45, 7) is 3.26. The highest BCUT2D eigenvalue weighted by molar-refractivity contribution is 5.13. The van der Waals surface area contributed by atoms with Gasteiger partial charge >= 0.3 is 0 Å². The molecule has 0 aromatic heterocycles. The lowest BCUT2D eigenvalue weighted by Gasteiger charge is -2.38. The lowest BCUT2D eigenvalue weighted by molar-refractivity contribution is -0.0700. The van der Waals surface area contributed by atoms with Crippen molar-refractivity contribution in [2.24, 2.45) is 11.3 Å².